The van der Waals surface area contributed by atoms with Crippen LogP contribution in [0.1, 0.15) is 12.5 Å². The van der Waals surface area contributed by atoms with Crippen molar-refractivity contribution >= 4 is 32.4 Å². The Morgan fingerprint density at radius 1 is 1.06 bits per heavy atom. The molecule has 0 aromatic heterocycles. The highest BCUT2D eigenvalue weighted by molar-refractivity contribution is 7.92. The van der Waals surface area contributed by atoms with Gasteiger partial charge in [0.05, 0.1) is 25.6 Å². The molecule has 3 aromatic carbocycles. The number of sulfonamides is 1. The second kappa shape index (κ2) is 9.91. The summed E-state index contributed by atoms with van der Waals surface area (Å²) in [6, 6.07) is 17.9. The van der Waals surface area contributed by atoms with Gasteiger partial charge in [-0.05, 0) is 43.0 Å². The molecule has 1 amide bonds. The molecule has 0 heterocycles. The minimum Gasteiger partial charge on any atom is -0.495 e. The van der Waals surface area contributed by atoms with Gasteiger partial charge in [0.25, 0.3) is 0 Å². The number of rotatable bonds is 9. The second-order valence-corrected chi connectivity index (χ2v) is 9.39. The standard InChI is InChI=1S/C24H28N2O5S/c1-17-12-13-23(30-3)21(16-17)26(32(4,28)29)18(2)24(27)25-14-15-31-22-11-7-9-19-8-5-6-10-20(19)22/h5-13,16,18H,14-15H2,1-4H3,(H,25,27)/t18-/m0/s1. The predicted molar refractivity (Wildman–Crippen MR) is 127 cm³/mol. The fourth-order valence-corrected chi connectivity index (χ4v) is 4.73. The van der Waals surface area contributed by atoms with Gasteiger partial charge in [-0.25, -0.2) is 8.42 Å². The molecule has 3 aromatic rings. The summed E-state index contributed by atoms with van der Waals surface area (Å²) in [5, 5.41) is 4.82. The molecule has 0 bridgehead atoms. The zero-order valence-electron chi connectivity index (χ0n) is 18.7. The van der Waals surface area contributed by atoms with Gasteiger partial charge in [-0.1, -0.05) is 42.5 Å². The maximum Gasteiger partial charge on any atom is 0.243 e. The molecule has 3 rings (SSSR count). The van der Waals surface area contributed by atoms with Gasteiger partial charge < -0.3 is 14.8 Å². The number of anilines is 1. The Hall–Kier alpha value is -3.26. The van der Waals surface area contributed by atoms with E-state index in [1.165, 1.54) is 7.11 Å². The van der Waals surface area contributed by atoms with E-state index in [2.05, 4.69) is 5.32 Å². The van der Waals surface area contributed by atoms with Crippen LogP contribution in [0.15, 0.2) is 60.7 Å². The van der Waals surface area contributed by atoms with Gasteiger partial charge in [-0.2, -0.15) is 0 Å². The molecule has 0 saturated carbocycles. The first-order chi connectivity index (χ1) is 15.2. The Balaban J connectivity index is 1.69. The minimum absolute atomic E-state index is 0.231. The summed E-state index contributed by atoms with van der Waals surface area (Å²) >= 11 is 0. The molecule has 1 atom stereocenters. The van der Waals surface area contributed by atoms with Crippen molar-refractivity contribution in [1.82, 2.24) is 5.32 Å². The van der Waals surface area contributed by atoms with E-state index in [1.807, 2.05) is 55.5 Å². The van der Waals surface area contributed by atoms with Crippen LogP contribution in [0.5, 0.6) is 11.5 Å². The van der Waals surface area contributed by atoms with Gasteiger partial charge in [0.15, 0.2) is 0 Å². The fraction of sp³-hybridized carbons (Fsp3) is 0.292. The largest absolute Gasteiger partial charge is 0.495 e. The maximum atomic E-state index is 12.8. The Kier molecular flexibility index (Phi) is 7.25. The molecule has 0 unspecified atom stereocenters. The van der Waals surface area contributed by atoms with Crippen molar-refractivity contribution in [3.8, 4) is 11.5 Å². The highest BCUT2D eigenvalue weighted by Gasteiger charge is 2.31. The normalized spacial score (nSPS) is 12.2. The minimum atomic E-state index is -3.75. The average Bonchev–Trinajstić information content (AvgIpc) is 2.76. The van der Waals surface area contributed by atoms with Gasteiger partial charge in [-0.3, -0.25) is 9.10 Å². The fourth-order valence-electron chi connectivity index (χ4n) is 3.56. The lowest BCUT2D eigenvalue weighted by Crippen LogP contribution is -2.48. The lowest BCUT2D eigenvalue weighted by molar-refractivity contribution is -0.121. The zero-order chi connectivity index (χ0) is 23.3. The van der Waals surface area contributed by atoms with Gasteiger partial charge in [0.1, 0.15) is 24.1 Å². The monoisotopic (exact) mass is 456 g/mol. The molecular weight excluding hydrogens is 428 g/mol. The van der Waals surface area contributed by atoms with Gasteiger partial charge in [0, 0.05) is 5.39 Å². The summed E-state index contributed by atoms with van der Waals surface area (Å²) < 4.78 is 37.4. The van der Waals surface area contributed by atoms with Crippen molar-refractivity contribution in [3.63, 3.8) is 0 Å². The van der Waals surface area contributed by atoms with Crippen LogP contribution in [0.2, 0.25) is 0 Å². The van der Waals surface area contributed by atoms with E-state index in [0.717, 1.165) is 32.6 Å². The number of nitrogens with one attached hydrogen (secondary N) is 1. The number of carbonyl (C=O) groups is 1. The van der Waals surface area contributed by atoms with E-state index in [-0.39, 0.29) is 13.2 Å². The maximum absolute atomic E-state index is 12.8. The van der Waals surface area contributed by atoms with Gasteiger partial charge in [-0.15, -0.1) is 0 Å². The summed E-state index contributed by atoms with van der Waals surface area (Å²) in [5.41, 5.74) is 1.18. The van der Waals surface area contributed by atoms with Crippen molar-refractivity contribution in [2.45, 2.75) is 19.9 Å². The van der Waals surface area contributed by atoms with E-state index < -0.39 is 22.0 Å². The molecule has 0 spiro atoms. The highest BCUT2D eigenvalue weighted by atomic mass is 32.2. The third-order valence-electron chi connectivity index (χ3n) is 5.07. The number of hydrogen-bond acceptors (Lipinski definition) is 5. The summed E-state index contributed by atoms with van der Waals surface area (Å²) in [5.74, 6) is 0.674. The summed E-state index contributed by atoms with van der Waals surface area (Å²) in [4.78, 5) is 12.8. The van der Waals surface area contributed by atoms with Crippen LogP contribution < -0.4 is 19.1 Å². The van der Waals surface area contributed by atoms with Crippen LogP contribution >= 0.6 is 0 Å². The molecule has 0 aliphatic rings. The smallest absolute Gasteiger partial charge is 0.243 e. The first-order valence-electron chi connectivity index (χ1n) is 10.2. The quantitative estimate of drug-likeness (QED) is 0.498. The SMILES string of the molecule is COc1ccc(C)cc1N([C@@H](C)C(=O)NCCOc1cccc2ccccc12)S(C)(=O)=O. The van der Waals surface area contributed by atoms with Crippen LogP contribution in [0.3, 0.4) is 0 Å². The lowest BCUT2D eigenvalue weighted by Gasteiger charge is -2.29. The lowest BCUT2D eigenvalue weighted by atomic mass is 10.1. The number of nitrogens with zero attached hydrogens (tertiary/aromatic N) is 1. The first-order valence-corrected chi connectivity index (χ1v) is 12.1. The number of carbonyl (C=O) groups excluding carboxylic acids is 1. The molecule has 0 saturated heterocycles. The van der Waals surface area contributed by atoms with Crippen molar-refractivity contribution < 1.29 is 22.7 Å². The number of hydrogen-bond donors (Lipinski definition) is 1. The van der Waals surface area contributed by atoms with Crippen LogP contribution in [-0.4, -0.2) is 46.9 Å². The van der Waals surface area contributed by atoms with Crippen molar-refractivity contribution in [3.05, 3.63) is 66.2 Å². The van der Waals surface area contributed by atoms with Crippen LogP contribution in [0, 0.1) is 6.92 Å². The second-order valence-electron chi connectivity index (χ2n) is 7.53. The van der Waals surface area contributed by atoms with E-state index in [9.17, 15) is 13.2 Å². The van der Waals surface area contributed by atoms with E-state index in [4.69, 9.17) is 9.47 Å². The molecule has 32 heavy (non-hydrogen) atoms. The molecule has 7 nitrogen and oxygen atoms in total. The van der Waals surface area contributed by atoms with Crippen molar-refractivity contribution in [2.24, 2.45) is 0 Å². The first kappa shape index (κ1) is 23.4. The molecule has 170 valence electrons. The summed E-state index contributed by atoms with van der Waals surface area (Å²) in [7, 11) is -2.29. The molecule has 0 aliphatic heterocycles. The Morgan fingerprint density at radius 2 is 1.78 bits per heavy atom. The van der Waals surface area contributed by atoms with E-state index in [0.29, 0.717) is 11.4 Å². The van der Waals surface area contributed by atoms with Gasteiger partial charge in [0.2, 0.25) is 15.9 Å². The van der Waals surface area contributed by atoms with Crippen LogP contribution in [-0.2, 0) is 14.8 Å². The third kappa shape index (κ3) is 5.31. The number of methoxy groups -OCH3 is 1. The average molecular weight is 457 g/mol. The summed E-state index contributed by atoms with van der Waals surface area (Å²) in [6.45, 7) is 3.87. The van der Waals surface area contributed by atoms with E-state index >= 15 is 0 Å². The molecule has 8 heteroatoms. The van der Waals surface area contributed by atoms with Crippen molar-refractivity contribution in [2.75, 3.05) is 30.8 Å². The third-order valence-corrected chi connectivity index (χ3v) is 6.30. The van der Waals surface area contributed by atoms with Crippen LogP contribution in [0.4, 0.5) is 5.69 Å². The molecule has 0 radical (unpaired) electrons. The number of benzene rings is 3. The zero-order valence-corrected chi connectivity index (χ0v) is 19.5. The Labute approximate surface area is 189 Å². The van der Waals surface area contributed by atoms with Crippen molar-refractivity contribution in [1.29, 1.82) is 0 Å². The number of aryl methyl sites for hydroxylation is 1. The number of amides is 1. The Morgan fingerprint density at radius 3 is 2.50 bits per heavy atom. The highest BCUT2D eigenvalue weighted by Crippen LogP contribution is 2.32. The molecule has 0 fully saturated rings. The molecule has 0 aliphatic carbocycles. The van der Waals surface area contributed by atoms with E-state index in [1.54, 1.807) is 19.1 Å². The molecular formula is C24H28N2O5S. The molecule has 1 N–H and O–H groups in total. The summed E-state index contributed by atoms with van der Waals surface area (Å²) in [6.07, 6.45) is 1.07. The number of fused-ring (bicyclic) bond motifs is 1. The topological polar surface area (TPSA) is 84.9 Å². The number of ether oxygens (including phenoxy) is 2. The van der Waals surface area contributed by atoms with Crippen LogP contribution in [0.25, 0.3) is 10.8 Å². The Bertz CT molecular complexity index is 1200. The van der Waals surface area contributed by atoms with Gasteiger partial charge >= 0.3 is 0 Å². The predicted octanol–water partition coefficient (Wildman–Crippen LogP) is 3.51.